The van der Waals surface area contributed by atoms with Gasteiger partial charge in [0.2, 0.25) is 0 Å². The smallest absolute Gasteiger partial charge is 0.308 e. The number of anilines is 1. The van der Waals surface area contributed by atoms with Crippen molar-refractivity contribution >= 4 is 13.4 Å². The van der Waals surface area contributed by atoms with Gasteiger partial charge in [-0.1, -0.05) is 0 Å². The van der Waals surface area contributed by atoms with E-state index in [-0.39, 0.29) is 0 Å². The van der Waals surface area contributed by atoms with Crippen LogP contribution in [0.3, 0.4) is 0 Å². The average molecular weight is 188 g/mol. The second-order valence-corrected chi connectivity index (χ2v) is 3.68. The summed E-state index contributed by atoms with van der Waals surface area (Å²) in [6, 6.07) is 3.14. The van der Waals surface area contributed by atoms with E-state index < -0.39 is 7.75 Å². The lowest BCUT2D eigenvalue weighted by Crippen LogP contribution is -1.97. The number of hydrogen-bond acceptors (Lipinski definition) is 3. The molecule has 0 aliphatic carbocycles. The topological polar surface area (TPSA) is 71.5 Å². The molecule has 1 atom stereocenters. The number of hydrogen-bond donors (Lipinski definition) is 2. The van der Waals surface area contributed by atoms with Gasteiger partial charge in [0, 0.05) is 25.2 Å². The van der Waals surface area contributed by atoms with Crippen LogP contribution in [-0.2, 0) is 9.09 Å². The fourth-order valence-corrected chi connectivity index (χ4v) is 1.20. The van der Waals surface area contributed by atoms with E-state index in [2.05, 4.69) is 14.6 Å². The Bertz CT molecular complexity index is 290. The Balaban J connectivity index is 2.71. The fraction of sp³-hybridized carbons (Fsp3) is 0.167. The summed E-state index contributed by atoms with van der Waals surface area (Å²) in [4.78, 5) is 12.7. The van der Waals surface area contributed by atoms with Crippen LogP contribution in [0.25, 0.3) is 0 Å². The summed E-state index contributed by atoms with van der Waals surface area (Å²) in [5.74, 6) is 0. The van der Waals surface area contributed by atoms with E-state index in [1.807, 2.05) is 0 Å². The Morgan fingerprint density at radius 1 is 1.58 bits per heavy atom. The van der Waals surface area contributed by atoms with Gasteiger partial charge < -0.3 is 4.89 Å². The predicted octanol–water partition coefficient (Wildman–Crippen LogP) is 1.24. The Kier molecular flexibility index (Phi) is 2.81. The Labute approximate surface area is 70.0 Å². The lowest BCUT2D eigenvalue weighted by molar-refractivity contribution is 0.322. The molecule has 1 heterocycles. The van der Waals surface area contributed by atoms with Gasteiger partial charge in [-0.15, -0.1) is 0 Å². The first-order valence-corrected chi connectivity index (χ1v) is 4.78. The first-order valence-electron chi connectivity index (χ1n) is 3.21. The predicted molar refractivity (Wildman–Crippen MR) is 44.7 cm³/mol. The highest BCUT2D eigenvalue weighted by atomic mass is 31.2. The zero-order chi connectivity index (χ0) is 9.03. The minimum atomic E-state index is -3.67. The molecule has 66 valence electrons. The molecule has 6 heteroatoms. The third kappa shape index (κ3) is 2.62. The van der Waals surface area contributed by atoms with Crippen LogP contribution in [0.4, 0.5) is 5.69 Å². The van der Waals surface area contributed by atoms with Crippen LogP contribution in [0.2, 0.25) is 0 Å². The second-order valence-electron chi connectivity index (χ2n) is 2.05. The van der Waals surface area contributed by atoms with Gasteiger partial charge >= 0.3 is 7.75 Å². The SMILES string of the molecule is COP(=O)(O)Nc1ccncc1. The molecule has 1 aromatic rings. The highest BCUT2D eigenvalue weighted by molar-refractivity contribution is 7.54. The summed E-state index contributed by atoms with van der Waals surface area (Å²) in [5.41, 5.74) is 0.498. The first kappa shape index (κ1) is 9.19. The molecule has 1 unspecified atom stereocenters. The molecule has 2 N–H and O–H groups in total. The summed E-state index contributed by atoms with van der Waals surface area (Å²) in [6.45, 7) is 0. The third-order valence-electron chi connectivity index (χ3n) is 1.20. The van der Waals surface area contributed by atoms with Crippen LogP contribution in [0.1, 0.15) is 0 Å². The van der Waals surface area contributed by atoms with Crippen LogP contribution >= 0.6 is 7.75 Å². The van der Waals surface area contributed by atoms with Gasteiger partial charge in [0.25, 0.3) is 0 Å². The van der Waals surface area contributed by atoms with Crippen LogP contribution < -0.4 is 5.09 Å². The minimum Gasteiger partial charge on any atom is -0.308 e. The van der Waals surface area contributed by atoms with Crippen molar-refractivity contribution in [3.8, 4) is 0 Å². The normalized spacial score (nSPS) is 15.2. The van der Waals surface area contributed by atoms with Crippen molar-refractivity contribution in [3.05, 3.63) is 24.5 Å². The maximum Gasteiger partial charge on any atom is 0.429 e. The van der Waals surface area contributed by atoms with Crippen LogP contribution in [-0.4, -0.2) is 17.0 Å². The van der Waals surface area contributed by atoms with Crippen LogP contribution in [0, 0.1) is 0 Å². The van der Waals surface area contributed by atoms with Crippen molar-refractivity contribution in [3.63, 3.8) is 0 Å². The van der Waals surface area contributed by atoms with Gasteiger partial charge in [0.1, 0.15) is 0 Å². The van der Waals surface area contributed by atoms with Crippen LogP contribution in [0.5, 0.6) is 0 Å². The highest BCUT2D eigenvalue weighted by Crippen LogP contribution is 2.40. The van der Waals surface area contributed by atoms with E-state index in [9.17, 15) is 4.57 Å². The Morgan fingerprint density at radius 3 is 2.67 bits per heavy atom. The number of aromatic nitrogens is 1. The number of nitrogens with one attached hydrogen (secondary N) is 1. The van der Waals surface area contributed by atoms with Gasteiger partial charge in [0.15, 0.2) is 0 Å². The van der Waals surface area contributed by atoms with Crippen LogP contribution in [0.15, 0.2) is 24.5 Å². The molecule has 0 spiro atoms. The second kappa shape index (κ2) is 3.67. The molecular formula is C6H9N2O3P. The zero-order valence-electron chi connectivity index (χ0n) is 6.47. The molecule has 0 aliphatic heterocycles. The summed E-state index contributed by atoms with van der Waals surface area (Å²) >= 11 is 0. The van der Waals surface area contributed by atoms with Gasteiger partial charge in [-0.2, -0.15) is 0 Å². The zero-order valence-corrected chi connectivity index (χ0v) is 7.36. The quantitative estimate of drug-likeness (QED) is 0.698. The Morgan fingerprint density at radius 2 is 2.17 bits per heavy atom. The largest absolute Gasteiger partial charge is 0.429 e. The minimum absolute atomic E-state index is 0.498. The molecule has 0 aliphatic rings. The van der Waals surface area contributed by atoms with E-state index in [1.54, 1.807) is 12.1 Å². The maximum absolute atomic E-state index is 11.0. The molecule has 12 heavy (non-hydrogen) atoms. The summed E-state index contributed by atoms with van der Waals surface area (Å²) in [7, 11) is -2.51. The van der Waals surface area contributed by atoms with Crippen molar-refractivity contribution in [1.82, 2.24) is 4.98 Å². The molecule has 0 fully saturated rings. The van der Waals surface area contributed by atoms with Gasteiger partial charge in [-0.05, 0) is 12.1 Å². The number of pyridine rings is 1. The van der Waals surface area contributed by atoms with E-state index in [4.69, 9.17) is 4.89 Å². The fourth-order valence-electron chi connectivity index (χ4n) is 0.635. The molecule has 1 aromatic heterocycles. The van der Waals surface area contributed by atoms with Crippen molar-refractivity contribution in [2.75, 3.05) is 12.2 Å². The molecule has 5 nitrogen and oxygen atoms in total. The summed E-state index contributed by atoms with van der Waals surface area (Å²) in [6.07, 6.45) is 3.02. The van der Waals surface area contributed by atoms with E-state index in [1.165, 1.54) is 12.4 Å². The molecule has 0 bridgehead atoms. The average Bonchev–Trinajstić information content (AvgIpc) is 2.06. The maximum atomic E-state index is 11.0. The molecule has 0 amide bonds. The lowest BCUT2D eigenvalue weighted by atomic mass is 10.4. The number of rotatable bonds is 3. The summed E-state index contributed by atoms with van der Waals surface area (Å²) in [5, 5.41) is 2.32. The van der Waals surface area contributed by atoms with Crippen molar-refractivity contribution in [2.24, 2.45) is 0 Å². The molecule has 1 rings (SSSR count). The van der Waals surface area contributed by atoms with E-state index in [0.29, 0.717) is 5.69 Å². The Hall–Kier alpha value is -0.900. The molecule has 0 saturated carbocycles. The highest BCUT2D eigenvalue weighted by Gasteiger charge is 2.15. The van der Waals surface area contributed by atoms with Crippen molar-refractivity contribution < 1.29 is 14.0 Å². The summed E-state index contributed by atoms with van der Waals surface area (Å²) < 4.78 is 15.3. The number of nitrogens with zero attached hydrogens (tertiary/aromatic N) is 1. The standard InChI is InChI=1S/C6H9N2O3P/c1-11-12(9,10)8-6-2-4-7-5-3-6/h2-5H,1H3,(H2,7,8,9,10). The first-order chi connectivity index (χ1) is 5.64. The monoisotopic (exact) mass is 188 g/mol. The third-order valence-corrected chi connectivity index (χ3v) is 2.23. The molecule has 0 saturated heterocycles. The molecular weight excluding hydrogens is 179 g/mol. The van der Waals surface area contributed by atoms with E-state index in [0.717, 1.165) is 7.11 Å². The van der Waals surface area contributed by atoms with Crippen molar-refractivity contribution in [1.29, 1.82) is 0 Å². The lowest BCUT2D eigenvalue weighted by Gasteiger charge is -2.10. The van der Waals surface area contributed by atoms with E-state index >= 15 is 0 Å². The molecule has 0 aromatic carbocycles. The van der Waals surface area contributed by atoms with Gasteiger partial charge in [0.05, 0.1) is 0 Å². The van der Waals surface area contributed by atoms with Crippen molar-refractivity contribution in [2.45, 2.75) is 0 Å². The molecule has 0 radical (unpaired) electrons. The van der Waals surface area contributed by atoms with Gasteiger partial charge in [-0.3, -0.25) is 14.6 Å². The van der Waals surface area contributed by atoms with Gasteiger partial charge in [-0.25, -0.2) is 4.57 Å².